The van der Waals surface area contributed by atoms with Gasteiger partial charge in [0.05, 0.1) is 18.3 Å². The molecular weight excluding hydrogens is 322 g/mol. The first-order chi connectivity index (χ1) is 11.8. The minimum atomic E-state index is 0.381. The number of hydrogen-bond donors (Lipinski definition) is 0. The quantitative estimate of drug-likeness (QED) is 0.710. The normalized spacial score (nSPS) is 18.3. The molecule has 4 heterocycles. The van der Waals surface area contributed by atoms with Crippen LogP contribution >= 0.6 is 11.8 Å². The molecule has 0 amide bonds. The first-order valence-electron chi connectivity index (χ1n) is 8.05. The van der Waals surface area contributed by atoms with Crippen LogP contribution in [0.4, 0.5) is 0 Å². The first-order valence-corrected chi connectivity index (χ1v) is 8.87. The van der Waals surface area contributed by atoms with E-state index >= 15 is 0 Å². The number of pyridine rings is 1. The van der Waals surface area contributed by atoms with Gasteiger partial charge in [0, 0.05) is 13.2 Å². The minimum Gasteiger partial charge on any atom is -0.453 e. The molecule has 1 atom stereocenters. The molecule has 1 unspecified atom stereocenters. The van der Waals surface area contributed by atoms with Gasteiger partial charge in [0.1, 0.15) is 12.1 Å². The van der Waals surface area contributed by atoms with Gasteiger partial charge in [-0.1, -0.05) is 6.07 Å². The number of rotatable bonds is 5. The van der Waals surface area contributed by atoms with Gasteiger partial charge in [-0.2, -0.15) is 0 Å². The van der Waals surface area contributed by atoms with Crippen molar-refractivity contribution in [3.8, 4) is 0 Å². The van der Waals surface area contributed by atoms with E-state index in [0.29, 0.717) is 6.04 Å². The third kappa shape index (κ3) is 3.22. The van der Waals surface area contributed by atoms with Crippen LogP contribution in [0.25, 0.3) is 0 Å². The van der Waals surface area contributed by atoms with E-state index in [0.717, 1.165) is 41.2 Å². The summed E-state index contributed by atoms with van der Waals surface area (Å²) >= 11 is 1.49. The summed E-state index contributed by atoms with van der Waals surface area (Å²) in [5, 5.41) is 9.62. The van der Waals surface area contributed by atoms with Gasteiger partial charge in [-0.3, -0.25) is 9.88 Å². The summed E-state index contributed by atoms with van der Waals surface area (Å²) in [6.07, 6.45) is 5.91. The van der Waals surface area contributed by atoms with E-state index in [1.165, 1.54) is 18.2 Å². The van der Waals surface area contributed by atoms with E-state index in [4.69, 9.17) is 4.42 Å². The Labute approximate surface area is 144 Å². The Morgan fingerprint density at radius 3 is 3.04 bits per heavy atom. The fourth-order valence-corrected chi connectivity index (χ4v) is 3.82. The predicted octanol–water partition coefficient (Wildman–Crippen LogP) is 3.29. The number of aryl methyl sites for hydroxylation is 1. The van der Waals surface area contributed by atoms with Crippen LogP contribution in [-0.4, -0.2) is 31.2 Å². The third-order valence-corrected chi connectivity index (χ3v) is 5.22. The molecule has 24 heavy (non-hydrogen) atoms. The summed E-state index contributed by atoms with van der Waals surface area (Å²) < 4.78 is 7.86. The van der Waals surface area contributed by atoms with Crippen LogP contribution in [-0.2, 0) is 13.6 Å². The maximum absolute atomic E-state index is 5.98. The standard InChI is InChI=1S/C17H19N5OS/c1-21-12-19-20-17(21)24-16-8-7-13(23-16)11-22-10-4-6-15(22)14-5-2-3-9-18-14/h2-3,5,7-9,12,15H,4,6,10-11H2,1H3. The Kier molecular flexibility index (Phi) is 4.36. The van der Waals surface area contributed by atoms with Crippen LogP contribution in [0.3, 0.4) is 0 Å². The third-order valence-electron chi connectivity index (χ3n) is 4.25. The van der Waals surface area contributed by atoms with E-state index in [9.17, 15) is 0 Å². The lowest BCUT2D eigenvalue weighted by Gasteiger charge is -2.22. The molecule has 1 saturated heterocycles. The zero-order chi connectivity index (χ0) is 16.4. The van der Waals surface area contributed by atoms with Crippen LogP contribution in [0.1, 0.15) is 30.3 Å². The Balaban J connectivity index is 1.45. The fraction of sp³-hybridized carbons (Fsp3) is 0.353. The zero-order valence-electron chi connectivity index (χ0n) is 13.5. The summed E-state index contributed by atoms with van der Waals surface area (Å²) in [6, 6.07) is 10.6. The van der Waals surface area contributed by atoms with Crippen LogP contribution in [0.15, 0.2) is 57.5 Å². The molecule has 0 radical (unpaired) electrons. The monoisotopic (exact) mass is 341 g/mol. The van der Waals surface area contributed by atoms with Gasteiger partial charge in [0.25, 0.3) is 0 Å². The van der Waals surface area contributed by atoms with Crippen LogP contribution in [0, 0.1) is 0 Å². The van der Waals surface area contributed by atoms with Crippen molar-refractivity contribution in [2.75, 3.05) is 6.54 Å². The molecule has 0 aliphatic carbocycles. The van der Waals surface area contributed by atoms with E-state index in [1.807, 2.05) is 36.0 Å². The van der Waals surface area contributed by atoms with Gasteiger partial charge in [-0.15, -0.1) is 10.2 Å². The molecule has 4 rings (SSSR count). The van der Waals surface area contributed by atoms with Crippen molar-refractivity contribution in [2.24, 2.45) is 7.05 Å². The molecule has 0 aromatic carbocycles. The second kappa shape index (κ2) is 6.78. The summed E-state index contributed by atoms with van der Waals surface area (Å²) in [7, 11) is 1.92. The maximum Gasteiger partial charge on any atom is 0.198 e. The van der Waals surface area contributed by atoms with Crippen molar-refractivity contribution in [2.45, 2.75) is 35.7 Å². The SMILES string of the molecule is Cn1cnnc1Sc1ccc(CN2CCCC2c2ccccn2)o1. The van der Waals surface area contributed by atoms with Crippen LogP contribution in [0.5, 0.6) is 0 Å². The lowest BCUT2D eigenvalue weighted by atomic mass is 10.1. The molecule has 1 fully saturated rings. The highest BCUT2D eigenvalue weighted by Crippen LogP contribution is 2.33. The van der Waals surface area contributed by atoms with Crippen molar-refractivity contribution < 1.29 is 4.42 Å². The van der Waals surface area contributed by atoms with Crippen LogP contribution < -0.4 is 0 Å². The van der Waals surface area contributed by atoms with Gasteiger partial charge in [-0.25, -0.2) is 0 Å². The molecule has 3 aromatic rings. The average Bonchev–Trinajstić information content (AvgIpc) is 3.33. The summed E-state index contributed by atoms with van der Waals surface area (Å²) in [5.41, 5.74) is 1.15. The molecule has 0 saturated carbocycles. The molecule has 1 aliphatic rings. The Morgan fingerprint density at radius 1 is 1.29 bits per heavy atom. The molecule has 0 spiro atoms. The number of nitrogens with zero attached hydrogens (tertiary/aromatic N) is 5. The molecule has 7 heteroatoms. The predicted molar refractivity (Wildman–Crippen MR) is 90.5 cm³/mol. The number of likely N-dealkylation sites (tertiary alicyclic amines) is 1. The van der Waals surface area contributed by atoms with E-state index in [-0.39, 0.29) is 0 Å². The molecule has 1 aliphatic heterocycles. The molecule has 3 aromatic heterocycles. The second-order valence-corrected chi connectivity index (χ2v) is 6.90. The summed E-state index contributed by atoms with van der Waals surface area (Å²) in [6.45, 7) is 1.88. The minimum absolute atomic E-state index is 0.381. The maximum atomic E-state index is 5.98. The lowest BCUT2D eigenvalue weighted by molar-refractivity contribution is 0.219. The smallest absolute Gasteiger partial charge is 0.198 e. The van der Waals surface area contributed by atoms with Gasteiger partial charge in [0.15, 0.2) is 10.2 Å². The lowest BCUT2D eigenvalue weighted by Crippen LogP contribution is -2.23. The first kappa shape index (κ1) is 15.4. The molecule has 6 nitrogen and oxygen atoms in total. The van der Waals surface area contributed by atoms with Gasteiger partial charge in [-0.05, 0) is 55.4 Å². The Morgan fingerprint density at radius 2 is 2.25 bits per heavy atom. The summed E-state index contributed by atoms with van der Waals surface area (Å²) in [4.78, 5) is 6.97. The highest BCUT2D eigenvalue weighted by Gasteiger charge is 2.27. The van der Waals surface area contributed by atoms with Crippen molar-refractivity contribution in [1.29, 1.82) is 0 Å². The van der Waals surface area contributed by atoms with Crippen molar-refractivity contribution in [1.82, 2.24) is 24.6 Å². The summed E-state index contributed by atoms with van der Waals surface area (Å²) in [5.74, 6) is 0.975. The highest BCUT2D eigenvalue weighted by molar-refractivity contribution is 7.99. The topological polar surface area (TPSA) is 60.0 Å². The van der Waals surface area contributed by atoms with E-state index < -0.39 is 0 Å². The molecular formula is C17H19N5OS. The fourth-order valence-electron chi connectivity index (χ4n) is 3.08. The number of aromatic nitrogens is 4. The zero-order valence-corrected chi connectivity index (χ0v) is 14.3. The van der Waals surface area contributed by atoms with Crippen LogP contribution in [0.2, 0.25) is 0 Å². The molecule has 0 bridgehead atoms. The second-order valence-electron chi connectivity index (χ2n) is 5.93. The number of hydrogen-bond acceptors (Lipinski definition) is 6. The van der Waals surface area contributed by atoms with E-state index in [2.05, 4.69) is 32.2 Å². The average molecular weight is 341 g/mol. The largest absolute Gasteiger partial charge is 0.453 e. The molecule has 124 valence electrons. The highest BCUT2D eigenvalue weighted by atomic mass is 32.2. The van der Waals surface area contributed by atoms with Crippen molar-refractivity contribution >= 4 is 11.8 Å². The Hall–Kier alpha value is -2.12. The van der Waals surface area contributed by atoms with Crippen molar-refractivity contribution in [3.63, 3.8) is 0 Å². The number of furan rings is 1. The Bertz CT molecular complexity index is 800. The van der Waals surface area contributed by atoms with E-state index in [1.54, 1.807) is 6.33 Å². The van der Waals surface area contributed by atoms with Gasteiger partial charge >= 0.3 is 0 Å². The van der Waals surface area contributed by atoms with Crippen molar-refractivity contribution in [3.05, 3.63) is 54.3 Å². The van der Waals surface area contributed by atoms with Gasteiger partial charge in [0.2, 0.25) is 0 Å². The molecule has 0 N–H and O–H groups in total. The van der Waals surface area contributed by atoms with Gasteiger partial charge < -0.3 is 8.98 Å².